The van der Waals surface area contributed by atoms with Crippen LogP contribution < -0.4 is 5.73 Å². The molecule has 78 valence electrons. The Bertz CT molecular complexity index is 119. The van der Waals surface area contributed by atoms with Crippen LogP contribution in [0.3, 0.4) is 0 Å². The summed E-state index contributed by atoms with van der Waals surface area (Å²) >= 11 is 0. The topological polar surface area (TPSA) is 29.3 Å². The van der Waals surface area contributed by atoms with Crippen LogP contribution in [0.15, 0.2) is 0 Å². The smallest absolute Gasteiger partial charge is 0.00952 e. The van der Waals surface area contributed by atoms with Crippen molar-refractivity contribution in [1.29, 1.82) is 0 Å². The molecule has 0 heterocycles. The lowest BCUT2D eigenvalue weighted by atomic mass is 10.2. The average molecular weight is 184 g/mol. The monoisotopic (exact) mass is 184 g/mol. The molecule has 1 aliphatic rings. The molecule has 13 heavy (non-hydrogen) atoms. The molecule has 1 saturated carbocycles. The summed E-state index contributed by atoms with van der Waals surface area (Å²) in [5.41, 5.74) is 5.54. The van der Waals surface area contributed by atoms with Gasteiger partial charge in [0.1, 0.15) is 0 Å². The fourth-order valence-electron chi connectivity index (χ4n) is 2.33. The molecule has 0 spiro atoms. The van der Waals surface area contributed by atoms with Crippen LogP contribution in [0.4, 0.5) is 0 Å². The van der Waals surface area contributed by atoms with Crippen molar-refractivity contribution in [3.05, 3.63) is 0 Å². The van der Waals surface area contributed by atoms with E-state index in [0.717, 1.165) is 19.0 Å². The minimum atomic E-state index is 0.840. The predicted molar refractivity (Wildman–Crippen MR) is 57.8 cm³/mol. The van der Waals surface area contributed by atoms with Gasteiger partial charge in [-0.3, -0.25) is 0 Å². The minimum absolute atomic E-state index is 0.840. The fraction of sp³-hybridized carbons (Fsp3) is 1.00. The molecule has 0 bridgehead atoms. The van der Waals surface area contributed by atoms with Gasteiger partial charge in [0.05, 0.1) is 0 Å². The van der Waals surface area contributed by atoms with E-state index in [4.69, 9.17) is 5.73 Å². The van der Waals surface area contributed by atoms with Gasteiger partial charge in [-0.25, -0.2) is 0 Å². The molecule has 0 aromatic carbocycles. The number of nitrogens with two attached hydrogens (primary N) is 1. The zero-order chi connectivity index (χ0) is 9.52. The van der Waals surface area contributed by atoms with Gasteiger partial charge in [-0.2, -0.15) is 0 Å². The van der Waals surface area contributed by atoms with E-state index in [9.17, 15) is 0 Å². The molecule has 1 fully saturated rings. The van der Waals surface area contributed by atoms with Crippen molar-refractivity contribution in [3.8, 4) is 0 Å². The second-order valence-electron chi connectivity index (χ2n) is 4.12. The number of rotatable bonds is 6. The molecule has 1 rings (SSSR count). The summed E-state index contributed by atoms with van der Waals surface area (Å²) in [6.45, 7) is 5.59. The van der Waals surface area contributed by atoms with Crippen molar-refractivity contribution in [2.45, 2.75) is 51.5 Å². The largest absolute Gasteiger partial charge is 0.330 e. The Kier molecular flexibility index (Phi) is 5.40. The maximum absolute atomic E-state index is 5.54. The summed E-state index contributed by atoms with van der Waals surface area (Å²) in [7, 11) is 0. The Morgan fingerprint density at radius 1 is 1.23 bits per heavy atom. The van der Waals surface area contributed by atoms with E-state index in [0.29, 0.717) is 0 Å². The highest BCUT2D eigenvalue weighted by molar-refractivity contribution is 4.77. The highest BCUT2D eigenvalue weighted by Gasteiger charge is 2.20. The first-order valence-electron chi connectivity index (χ1n) is 5.82. The summed E-state index contributed by atoms with van der Waals surface area (Å²) in [6, 6.07) is 0.881. The van der Waals surface area contributed by atoms with Crippen LogP contribution in [-0.4, -0.2) is 30.6 Å². The van der Waals surface area contributed by atoms with Crippen molar-refractivity contribution >= 4 is 0 Å². The van der Waals surface area contributed by atoms with E-state index in [2.05, 4.69) is 11.8 Å². The van der Waals surface area contributed by atoms with E-state index in [1.165, 1.54) is 45.2 Å². The summed E-state index contributed by atoms with van der Waals surface area (Å²) in [6.07, 6.45) is 8.16. The lowest BCUT2D eigenvalue weighted by Crippen LogP contribution is -2.35. The third-order valence-corrected chi connectivity index (χ3v) is 3.00. The zero-order valence-electron chi connectivity index (χ0n) is 8.97. The summed E-state index contributed by atoms with van der Waals surface area (Å²) in [4.78, 5) is 2.65. The van der Waals surface area contributed by atoms with E-state index in [-0.39, 0.29) is 0 Å². The quantitative estimate of drug-likeness (QED) is 0.684. The lowest BCUT2D eigenvalue weighted by Gasteiger charge is -2.28. The number of hydrogen-bond acceptors (Lipinski definition) is 2. The molecule has 0 amide bonds. The van der Waals surface area contributed by atoms with E-state index in [1.807, 2.05) is 0 Å². The maximum Gasteiger partial charge on any atom is 0.00952 e. The summed E-state index contributed by atoms with van der Waals surface area (Å²) < 4.78 is 0. The molecular weight excluding hydrogens is 160 g/mol. The van der Waals surface area contributed by atoms with Crippen LogP contribution >= 0.6 is 0 Å². The molecule has 1 aliphatic carbocycles. The molecule has 0 aliphatic heterocycles. The molecule has 0 aromatic rings. The van der Waals surface area contributed by atoms with E-state index < -0.39 is 0 Å². The van der Waals surface area contributed by atoms with Gasteiger partial charge in [-0.1, -0.05) is 19.8 Å². The van der Waals surface area contributed by atoms with Gasteiger partial charge in [-0.05, 0) is 45.3 Å². The van der Waals surface area contributed by atoms with E-state index in [1.54, 1.807) is 0 Å². The molecule has 0 radical (unpaired) electrons. The third-order valence-electron chi connectivity index (χ3n) is 3.00. The molecule has 0 aromatic heterocycles. The second-order valence-corrected chi connectivity index (χ2v) is 4.12. The van der Waals surface area contributed by atoms with Crippen LogP contribution in [0.1, 0.15) is 45.4 Å². The molecule has 0 atom stereocenters. The van der Waals surface area contributed by atoms with Crippen LogP contribution in [0.5, 0.6) is 0 Å². The van der Waals surface area contributed by atoms with Crippen LogP contribution in [0.2, 0.25) is 0 Å². The van der Waals surface area contributed by atoms with Gasteiger partial charge >= 0.3 is 0 Å². The summed E-state index contributed by atoms with van der Waals surface area (Å²) in [5, 5.41) is 0. The van der Waals surface area contributed by atoms with Crippen molar-refractivity contribution in [2.24, 2.45) is 5.73 Å². The van der Waals surface area contributed by atoms with Crippen molar-refractivity contribution < 1.29 is 0 Å². The van der Waals surface area contributed by atoms with Gasteiger partial charge in [0.15, 0.2) is 0 Å². The van der Waals surface area contributed by atoms with Crippen molar-refractivity contribution in [3.63, 3.8) is 0 Å². The standard InChI is InChI=1S/C11H24N2/c1-2-9-13(10-5-8-12)11-6-3-4-7-11/h11H,2-10,12H2,1H3. The molecule has 0 unspecified atom stereocenters. The van der Waals surface area contributed by atoms with Gasteiger partial charge in [0.2, 0.25) is 0 Å². The van der Waals surface area contributed by atoms with Gasteiger partial charge in [0, 0.05) is 6.04 Å². The van der Waals surface area contributed by atoms with Crippen molar-refractivity contribution in [1.82, 2.24) is 4.90 Å². The second kappa shape index (κ2) is 6.39. The average Bonchev–Trinajstić information content (AvgIpc) is 2.65. The first-order chi connectivity index (χ1) is 6.38. The van der Waals surface area contributed by atoms with Crippen LogP contribution in [-0.2, 0) is 0 Å². The Morgan fingerprint density at radius 3 is 2.46 bits per heavy atom. The first kappa shape index (κ1) is 11.0. The molecule has 2 nitrogen and oxygen atoms in total. The maximum atomic E-state index is 5.54. The first-order valence-corrected chi connectivity index (χ1v) is 5.82. The molecule has 2 N–H and O–H groups in total. The minimum Gasteiger partial charge on any atom is -0.330 e. The third kappa shape index (κ3) is 3.65. The Labute approximate surface area is 82.5 Å². The predicted octanol–water partition coefficient (Wildman–Crippen LogP) is 1.99. The number of hydrogen-bond donors (Lipinski definition) is 1. The number of nitrogens with zero attached hydrogens (tertiary/aromatic N) is 1. The van der Waals surface area contributed by atoms with E-state index >= 15 is 0 Å². The fourth-order valence-corrected chi connectivity index (χ4v) is 2.33. The lowest BCUT2D eigenvalue weighted by molar-refractivity contribution is 0.197. The normalized spacial score (nSPS) is 18.7. The molecule has 0 saturated heterocycles. The van der Waals surface area contributed by atoms with Crippen LogP contribution in [0.25, 0.3) is 0 Å². The highest BCUT2D eigenvalue weighted by Crippen LogP contribution is 2.23. The van der Waals surface area contributed by atoms with Crippen LogP contribution in [0, 0.1) is 0 Å². The van der Waals surface area contributed by atoms with Gasteiger partial charge in [-0.15, -0.1) is 0 Å². The van der Waals surface area contributed by atoms with Crippen molar-refractivity contribution in [2.75, 3.05) is 19.6 Å². The summed E-state index contributed by atoms with van der Waals surface area (Å²) in [5.74, 6) is 0. The molecular formula is C11H24N2. The zero-order valence-corrected chi connectivity index (χ0v) is 8.97. The highest BCUT2D eigenvalue weighted by atomic mass is 15.2. The molecule has 2 heteroatoms. The Balaban J connectivity index is 2.26. The van der Waals surface area contributed by atoms with Gasteiger partial charge < -0.3 is 10.6 Å². The SMILES string of the molecule is CCCN(CCCN)C1CCCC1. The Hall–Kier alpha value is -0.0800. The van der Waals surface area contributed by atoms with Gasteiger partial charge in [0.25, 0.3) is 0 Å². The Morgan fingerprint density at radius 2 is 1.92 bits per heavy atom.